The van der Waals surface area contributed by atoms with E-state index in [1.807, 2.05) is 0 Å². The summed E-state index contributed by atoms with van der Waals surface area (Å²) in [5.74, 6) is -5.03. The van der Waals surface area contributed by atoms with Crippen molar-refractivity contribution >= 4 is 5.97 Å². The van der Waals surface area contributed by atoms with Crippen LogP contribution in [0.3, 0.4) is 0 Å². The lowest BCUT2D eigenvalue weighted by Gasteiger charge is -2.22. The van der Waals surface area contributed by atoms with E-state index in [-0.39, 0.29) is 23.1 Å². The molecular formula is C15H19F3O3. The molecule has 0 amide bonds. The first-order valence-corrected chi connectivity index (χ1v) is 6.63. The van der Waals surface area contributed by atoms with E-state index in [0.29, 0.717) is 11.1 Å². The molecule has 6 heteroatoms. The predicted octanol–water partition coefficient (Wildman–Crippen LogP) is 4.37. The van der Waals surface area contributed by atoms with Crippen LogP contribution in [0.5, 0.6) is 5.75 Å². The maximum Gasteiger partial charge on any atom is 0.406 e. The highest BCUT2D eigenvalue weighted by Crippen LogP contribution is 2.41. The van der Waals surface area contributed by atoms with E-state index in [2.05, 4.69) is 0 Å². The quantitative estimate of drug-likeness (QED) is 0.868. The van der Waals surface area contributed by atoms with Gasteiger partial charge >= 0.3 is 12.1 Å². The van der Waals surface area contributed by atoms with Crippen LogP contribution in [-0.2, 0) is 4.79 Å². The van der Waals surface area contributed by atoms with E-state index in [1.54, 1.807) is 27.7 Å². The second-order valence-electron chi connectivity index (χ2n) is 5.67. The van der Waals surface area contributed by atoms with Crippen LogP contribution < -0.4 is 0 Å². The maximum atomic E-state index is 13.0. The van der Waals surface area contributed by atoms with Crippen LogP contribution in [0.1, 0.15) is 62.1 Å². The van der Waals surface area contributed by atoms with Crippen molar-refractivity contribution < 1.29 is 28.2 Å². The zero-order valence-electron chi connectivity index (χ0n) is 12.3. The molecule has 2 N–H and O–H groups in total. The summed E-state index contributed by atoms with van der Waals surface area (Å²) < 4.78 is 38.9. The Morgan fingerprint density at radius 3 is 1.67 bits per heavy atom. The minimum atomic E-state index is -4.88. The van der Waals surface area contributed by atoms with Crippen LogP contribution in [0.15, 0.2) is 12.1 Å². The maximum absolute atomic E-state index is 13.0. The molecule has 0 saturated heterocycles. The number of aromatic hydroxyl groups is 1. The van der Waals surface area contributed by atoms with Crippen molar-refractivity contribution in [2.24, 2.45) is 0 Å². The number of phenolic OH excluding ortho intramolecular Hbond substituents is 1. The average molecular weight is 304 g/mol. The van der Waals surface area contributed by atoms with Gasteiger partial charge < -0.3 is 10.2 Å². The number of hydrogen-bond acceptors (Lipinski definition) is 2. The van der Waals surface area contributed by atoms with Gasteiger partial charge in [-0.1, -0.05) is 39.8 Å². The average Bonchev–Trinajstić information content (AvgIpc) is 2.27. The molecule has 0 aliphatic carbocycles. The van der Waals surface area contributed by atoms with Gasteiger partial charge in [0.15, 0.2) is 5.92 Å². The van der Waals surface area contributed by atoms with E-state index >= 15 is 0 Å². The van der Waals surface area contributed by atoms with E-state index in [9.17, 15) is 23.1 Å². The highest BCUT2D eigenvalue weighted by atomic mass is 19.4. The van der Waals surface area contributed by atoms with Gasteiger partial charge in [-0.05, 0) is 28.5 Å². The Morgan fingerprint density at radius 2 is 1.43 bits per heavy atom. The molecule has 21 heavy (non-hydrogen) atoms. The van der Waals surface area contributed by atoms with Crippen molar-refractivity contribution in [2.75, 3.05) is 0 Å². The van der Waals surface area contributed by atoms with Gasteiger partial charge in [-0.2, -0.15) is 13.2 Å². The van der Waals surface area contributed by atoms with Gasteiger partial charge in [-0.3, -0.25) is 4.79 Å². The van der Waals surface area contributed by atoms with Crippen LogP contribution in [0.4, 0.5) is 13.2 Å². The van der Waals surface area contributed by atoms with Crippen LogP contribution in [0.2, 0.25) is 0 Å². The van der Waals surface area contributed by atoms with E-state index in [0.717, 1.165) is 12.1 Å². The molecule has 0 fully saturated rings. The molecule has 0 bridgehead atoms. The first-order valence-electron chi connectivity index (χ1n) is 6.63. The summed E-state index contributed by atoms with van der Waals surface area (Å²) in [5.41, 5.74) is 0.304. The number of halogens is 3. The summed E-state index contributed by atoms with van der Waals surface area (Å²) in [6.07, 6.45) is -4.88. The lowest BCUT2D eigenvalue weighted by Crippen LogP contribution is -2.28. The second kappa shape index (κ2) is 5.95. The minimum absolute atomic E-state index is 0.0601. The molecule has 1 rings (SSSR count). The highest BCUT2D eigenvalue weighted by molar-refractivity contribution is 5.77. The van der Waals surface area contributed by atoms with Crippen molar-refractivity contribution in [3.05, 3.63) is 28.8 Å². The number of carboxylic acids is 1. The fourth-order valence-electron chi connectivity index (χ4n) is 2.22. The Kier molecular flexibility index (Phi) is 4.91. The molecular weight excluding hydrogens is 285 g/mol. The number of hydrogen-bond donors (Lipinski definition) is 2. The van der Waals surface area contributed by atoms with Gasteiger partial charge in [0.1, 0.15) is 5.75 Å². The molecule has 0 aromatic heterocycles. The normalized spacial score (nSPS) is 13.8. The van der Waals surface area contributed by atoms with Crippen LogP contribution in [-0.4, -0.2) is 22.4 Å². The third-order valence-electron chi connectivity index (χ3n) is 3.34. The third kappa shape index (κ3) is 3.68. The first-order chi connectivity index (χ1) is 9.46. The van der Waals surface area contributed by atoms with Gasteiger partial charge in [-0.15, -0.1) is 0 Å². The van der Waals surface area contributed by atoms with Crippen LogP contribution >= 0.6 is 0 Å². The molecule has 0 spiro atoms. The topological polar surface area (TPSA) is 57.5 Å². The zero-order valence-corrected chi connectivity index (χ0v) is 12.3. The summed E-state index contributed by atoms with van der Waals surface area (Å²) in [5, 5.41) is 19.1. The van der Waals surface area contributed by atoms with Gasteiger partial charge in [0.05, 0.1) is 0 Å². The molecule has 118 valence electrons. The first kappa shape index (κ1) is 17.3. The monoisotopic (exact) mass is 304 g/mol. The fraction of sp³-hybridized carbons (Fsp3) is 0.533. The molecule has 1 unspecified atom stereocenters. The summed E-state index contributed by atoms with van der Waals surface area (Å²) in [4.78, 5) is 11.0. The fourth-order valence-corrected chi connectivity index (χ4v) is 2.22. The summed E-state index contributed by atoms with van der Waals surface area (Å²) >= 11 is 0. The number of benzene rings is 1. The Hall–Kier alpha value is -1.72. The summed E-state index contributed by atoms with van der Waals surface area (Å²) in [6, 6.07) is 2.27. The van der Waals surface area contributed by atoms with Crippen molar-refractivity contribution in [2.45, 2.75) is 51.6 Å². The van der Waals surface area contributed by atoms with Gasteiger partial charge in [0.25, 0.3) is 0 Å². The van der Waals surface area contributed by atoms with E-state index in [1.165, 1.54) is 0 Å². The Balaban J connectivity index is 3.59. The van der Waals surface area contributed by atoms with E-state index < -0.39 is 18.1 Å². The molecule has 1 aromatic carbocycles. The lowest BCUT2D eigenvalue weighted by molar-refractivity contribution is -0.176. The molecule has 0 radical (unpaired) electrons. The third-order valence-corrected chi connectivity index (χ3v) is 3.34. The predicted molar refractivity (Wildman–Crippen MR) is 72.7 cm³/mol. The molecule has 0 heterocycles. The summed E-state index contributed by atoms with van der Waals surface area (Å²) in [6.45, 7) is 6.91. The SMILES string of the molecule is CC(C)c1cc(C(C(=O)O)C(F)(F)F)cc(C(C)C)c1O. The number of aliphatic carboxylic acids is 1. The lowest BCUT2D eigenvalue weighted by atomic mass is 9.87. The second-order valence-corrected chi connectivity index (χ2v) is 5.67. The number of carbonyl (C=O) groups is 1. The van der Waals surface area contributed by atoms with Crippen molar-refractivity contribution in [1.29, 1.82) is 0 Å². The Morgan fingerprint density at radius 1 is 1.05 bits per heavy atom. The number of rotatable bonds is 4. The Labute approximate surface area is 121 Å². The summed E-state index contributed by atoms with van der Waals surface area (Å²) in [7, 11) is 0. The molecule has 0 aliphatic heterocycles. The van der Waals surface area contributed by atoms with Crippen LogP contribution in [0, 0.1) is 0 Å². The molecule has 0 saturated carbocycles. The van der Waals surface area contributed by atoms with Crippen molar-refractivity contribution in [3.63, 3.8) is 0 Å². The minimum Gasteiger partial charge on any atom is -0.507 e. The smallest absolute Gasteiger partial charge is 0.406 e. The number of carboxylic acid groups (broad SMARTS) is 1. The largest absolute Gasteiger partial charge is 0.507 e. The van der Waals surface area contributed by atoms with Gasteiger partial charge in [0, 0.05) is 0 Å². The van der Waals surface area contributed by atoms with E-state index in [4.69, 9.17) is 5.11 Å². The standard InChI is InChI=1S/C15H19F3O3/c1-7(2)10-5-9(6-11(8(3)4)13(10)19)12(14(20)21)15(16,17)18/h5-8,12,19H,1-4H3,(H,20,21). The molecule has 0 aliphatic rings. The van der Waals surface area contributed by atoms with Crippen LogP contribution in [0.25, 0.3) is 0 Å². The number of phenols is 1. The van der Waals surface area contributed by atoms with Crippen molar-refractivity contribution in [1.82, 2.24) is 0 Å². The number of alkyl halides is 3. The van der Waals surface area contributed by atoms with Crippen molar-refractivity contribution in [3.8, 4) is 5.75 Å². The van der Waals surface area contributed by atoms with Gasteiger partial charge in [0.2, 0.25) is 0 Å². The molecule has 1 aromatic rings. The highest BCUT2D eigenvalue weighted by Gasteiger charge is 2.46. The zero-order chi connectivity index (χ0) is 16.5. The Bertz CT molecular complexity index is 504. The van der Waals surface area contributed by atoms with Gasteiger partial charge in [-0.25, -0.2) is 0 Å². The molecule has 3 nitrogen and oxygen atoms in total. The molecule has 1 atom stereocenters.